The van der Waals surface area contributed by atoms with Gasteiger partial charge in [-0.05, 0) is 66.6 Å². The van der Waals surface area contributed by atoms with E-state index in [4.69, 9.17) is 9.47 Å². The van der Waals surface area contributed by atoms with Crippen molar-refractivity contribution in [2.45, 2.75) is 6.92 Å². The van der Waals surface area contributed by atoms with E-state index in [0.29, 0.717) is 16.9 Å². The van der Waals surface area contributed by atoms with Gasteiger partial charge in [-0.3, -0.25) is 4.79 Å². The van der Waals surface area contributed by atoms with Gasteiger partial charge in [0.05, 0.1) is 11.1 Å². The quantitative estimate of drug-likeness (QED) is 0.289. The topological polar surface area (TPSA) is 52.6 Å². The number of esters is 1. The summed E-state index contributed by atoms with van der Waals surface area (Å²) in [6.07, 6.45) is 1.66. The number of hydrogen-bond donors (Lipinski definition) is 0. The molecule has 144 valence electrons. The molecule has 6 heteroatoms. The van der Waals surface area contributed by atoms with Gasteiger partial charge in [0.1, 0.15) is 17.3 Å². The Labute approximate surface area is 174 Å². The van der Waals surface area contributed by atoms with Gasteiger partial charge in [-0.15, -0.1) is 0 Å². The van der Waals surface area contributed by atoms with Crippen molar-refractivity contribution < 1.29 is 23.5 Å². The standard InChI is InChI=1S/C23H14BrFO4/c1-13-9-18(28-23(27)15-5-7-17(25)8-6-15)12-19-21(13)22(26)20(29-19)11-14-3-2-4-16(24)10-14/h2-12H,1H3/b20-11-. The Kier molecular flexibility index (Phi) is 5.03. The van der Waals surface area contributed by atoms with E-state index in [1.807, 2.05) is 24.3 Å². The summed E-state index contributed by atoms with van der Waals surface area (Å²) in [7, 11) is 0. The third-order valence-corrected chi connectivity index (χ3v) is 4.87. The maximum atomic E-state index is 13.0. The number of halogens is 2. The highest BCUT2D eigenvalue weighted by Crippen LogP contribution is 2.37. The van der Waals surface area contributed by atoms with Crippen LogP contribution in [0.2, 0.25) is 0 Å². The average Bonchev–Trinajstić information content (AvgIpc) is 2.98. The molecule has 0 amide bonds. The fourth-order valence-electron chi connectivity index (χ4n) is 3.04. The van der Waals surface area contributed by atoms with Gasteiger partial charge in [-0.1, -0.05) is 28.1 Å². The van der Waals surface area contributed by atoms with E-state index >= 15 is 0 Å². The van der Waals surface area contributed by atoms with Gasteiger partial charge in [0.15, 0.2) is 5.76 Å². The minimum absolute atomic E-state index is 0.197. The van der Waals surface area contributed by atoms with E-state index in [-0.39, 0.29) is 22.9 Å². The molecule has 3 aromatic rings. The monoisotopic (exact) mass is 452 g/mol. The molecule has 0 atom stereocenters. The molecule has 0 saturated carbocycles. The minimum Gasteiger partial charge on any atom is -0.452 e. The second-order valence-corrected chi connectivity index (χ2v) is 7.42. The van der Waals surface area contributed by atoms with Crippen LogP contribution in [0.5, 0.6) is 11.5 Å². The molecular formula is C23H14BrFO4. The molecule has 0 bridgehead atoms. The number of carbonyl (C=O) groups excluding carboxylic acids is 2. The van der Waals surface area contributed by atoms with Crippen LogP contribution in [0.1, 0.15) is 31.8 Å². The van der Waals surface area contributed by atoms with Crippen LogP contribution in [0.3, 0.4) is 0 Å². The number of allylic oxidation sites excluding steroid dienone is 1. The molecule has 1 aliphatic heterocycles. The number of carbonyl (C=O) groups is 2. The van der Waals surface area contributed by atoms with Gasteiger partial charge in [0.25, 0.3) is 0 Å². The summed E-state index contributed by atoms with van der Waals surface area (Å²) in [5.74, 6) is -0.521. The fraction of sp³-hybridized carbons (Fsp3) is 0.0435. The fourth-order valence-corrected chi connectivity index (χ4v) is 3.45. The van der Waals surface area contributed by atoms with Crippen molar-refractivity contribution in [2.24, 2.45) is 0 Å². The van der Waals surface area contributed by atoms with Crippen LogP contribution < -0.4 is 9.47 Å². The zero-order valence-corrected chi connectivity index (χ0v) is 16.8. The first-order valence-corrected chi connectivity index (χ1v) is 9.52. The molecular weight excluding hydrogens is 439 g/mol. The second kappa shape index (κ2) is 7.64. The zero-order chi connectivity index (χ0) is 20.5. The summed E-state index contributed by atoms with van der Waals surface area (Å²) in [6.45, 7) is 1.75. The van der Waals surface area contributed by atoms with Crippen LogP contribution in [0, 0.1) is 12.7 Å². The van der Waals surface area contributed by atoms with Crippen LogP contribution in [0.15, 0.2) is 70.9 Å². The average molecular weight is 453 g/mol. The highest BCUT2D eigenvalue weighted by atomic mass is 79.9. The van der Waals surface area contributed by atoms with Crippen LogP contribution in [-0.4, -0.2) is 11.8 Å². The molecule has 0 saturated heterocycles. The maximum absolute atomic E-state index is 13.0. The van der Waals surface area contributed by atoms with Gasteiger partial charge >= 0.3 is 5.97 Å². The van der Waals surface area contributed by atoms with Gasteiger partial charge in [0, 0.05) is 10.5 Å². The molecule has 0 radical (unpaired) electrons. The lowest BCUT2D eigenvalue weighted by Crippen LogP contribution is -2.08. The molecule has 1 heterocycles. The Morgan fingerprint density at radius 3 is 2.59 bits per heavy atom. The Morgan fingerprint density at radius 2 is 1.86 bits per heavy atom. The number of benzene rings is 3. The molecule has 1 aliphatic rings. The van der Waals surface area contributed by atoms with Crippen molar-refractivity contribution >= 4 is 33.8 Å². The van der Waals surface area contributed by atoms with Crippen LogP contribution >= 0.6 is 15.9 Å². The normalized spacial score (nSPS) is 13.9. The SMILES string of the molecule is Cc1cc(OC(=O)c2ccc(F)cc2)cc2c1C(=O)/C(=C/c1cccc(Br)c1)O2. The first-order chi connectivity index (χ1) is 13.9. The summed E-state index contributed by atoms with van der Waals surface area (Å²) in [5, 5.41) is 0. The van der Waals surface area contributed by atoms with E-state index in [1.54, 1.807) is 19.1 Å². The molecule has 0 unspecified atom stereocenters. The number of rotatable bonds is 3. The number of fused-ring (bicyclic) bond motifs is 1. The molecule has 0 aromatic heterocycles. The summed E-state index contributed by atoms with van der Waals surface area (Å²) >= 11 is 3.40. The van der Waals surface area contributed by atoms with E-state index in [2.05, 4.69) is 15.9 Å². The summed E-state index contributed by atoms with van der Waals surface area (Å²) < 4.78 is 25.0. The predicted octanol–water partition coefficient (Wildman–Crippen LogP) is 5.73. The first kappa shape index (κ1) is 19.1. The zero-order valence-electron chi connectivity index (χ0n) is 15.2. The van der Waals surface area contributed by atoms with Crippen molar-refractivity contribution in [3.05, 3.63) is 99.0 Å². The number of ketones is 1. The Morgan fingerprint density at radius 1 is 1.10 bits per heavy atom. The van der Waals surface area contributed by atoms with E-state index in [1.165, 1.54) is 30.3 Å². The number of hydrogen-bond acceptors (Lipinski definition) is 4. The predicted molar refractivity (Wildman–Crippen MR) is 110 cm³/mol. The molecule has 4 nitrogen and oxygen atoms in total. The number of Topliss-reactive ketones (excluding diaryl/α,β-unsaturated/α-hetero) is 1. The van der Waals surface area contributed by atoms with Gasteiger partial charge in [0.2, 0.25) is 5.78 Å². The maximum Gasteiger partial charge on any atom is 0.343 e. The van der Waals surface area contributed by atoms with Crippen molar-refractivity contribution in [1.82, 2.24) is 0 Å². The molecule has 29 heavy (non-hydrogen) atoms. The number of aryl methyl sites for hydroxylation is 1. The van der Waals surface area contributed by atoms with Crippen molar-refractivity contribution in [3.8, 4) is 11.5 Å². The Bertz CT molecular complexity index is 1170. The molecule has 3 aromatic carbocycles. The summed E-state index contributed by atoms with van der Waals surface area (Å²) in [5.41, 5.74) is 2.10. The molecule has 4 rings (SSSR count). The van der Waals surface area contributed by atoms with Crippen LogP contribution in [-0.2, 0) is 0 Å². The number of ether oxygens (including phenoxy) is 2. The Hall–Kier alpha value is -3.25. The van der Waals surface area contributed by atoms with E-state index in [0.717, 1.165) is 10.0 Å². The lowest BCUT2D eigenvalue weighted by Gasteiger charge is -2.07. The first-order valence-electron chi connectivity index (χ1n) is 8.73. The highest BCUT2D eigenvalue weighted by molar-refractivity contribution is 9.10. The van der Waals surface area contributed by atoms with Gasteiger partial charge in [-0.25, -0.2) is 9.18 Å². The van der Waals surface area contributed by atoms with Crippen LogP contribution in [0.25, 0.3) is 6.08 Å². The third-order valence-electron chi connectivity index (χ3n) is 4.38. The molecule has 0 spiro atoms. The Balaban J connectivity index is 1.60. The molecule has 0 fully saturated rings. The largest absolute Gasteiger partial charge is 0.452 e. The van der Waals surface area contributed by atoms with Crippen molar-refractivity contribution in [3.63, 3.8) is 0 Å². The minimum atomic E-state index is -0.626. The highest BCUT2D eigenvalue weighted by Gasteiger charge is 2.30. The molecule has 0 aliphatic carbocycles. The van der Waals surface area contributed by atoms with E-state index < -0.39 is 11.8 Å². The van der Waals surface area contributed by atoms with Gasteiger partial charge in [-0.2, -0.15) is 0 Å². The van der Waals surface area contributed by atoms with Gasteiger partial charge < -0.3 is 9.47 Å². The smallest absolute Gasteiger partial charge is 0.343 e. The van der Waals surface area contributed by atoms with Crippen molar-refractivity contribution in [2.75, 3.05) is 0 Å². The molecule has 0 N–H and O–H groups in total. The lowest BCUT2D eigenvalue weighted by atomic mass is 10.0. The van der Waals surface area contributed by atoms with Crippen LogP contribution in [0.4, 0.5) is 4.39 Å². The third kappa shape index (κ3) is 3.98. The second-order valence-electron chi connectivity index (χ2n) is 6.50. The van der Waals surface area contributed by atoms with E-state index in [9.17, 15) is 14.0 Å². The lowest BCUT2D eigenvalue weighted by molar-refractivity contribution is 0.0734. The summed E-state index contributed by atoms with van der Waals surface area (Å²) in [6, 6.07) is 15.6. The van der Waals surface area contributed by atoms with Crippen molar-refractivity contribution in [1.29, 1.82) is 0 Å². The summed E-state index contributed by atoms with van der Waals surface area (Å²) in [4.78, 5) is 25.0.